The van der Waals surface area contributed by atoms with Crippen LogP contribution in [0.25, 0.3) is 0 Å². The Bertz CT molecular complexity index is 578. The van der Waals surface area contributed by atoms with Crippen LogP contribution in [0.1, 0.15) is 25.0 Å². The monoisotopic (exact) mass is 303 g/mol. The van der Waals surface area contributed by atoms with E-state index in [0.717, 1.165) is 30.2 Å². The van der Waals surface area contributed by atoms with E-state index in [2.05, 4.69) is 26.1 Å². The fraction of sp³-hybridized carbons (Fsp3) is 0.333. The lowest BCUT2D eigenvalue weighted by Crippen LogP contribution is -2.19. The molecule has 0 saturated heterocycles. The predicted molar refractivity (Wildman–Crippen MR) is 89.2 cm³/mol. The van der Waals surface area contributed by atoms with Gasteiger partial charge in [-0.2, -0.15) is 0 Å². The van der Waals surface area contributed by atoms with Crippen molar-refractivity contribution >= 4 is 11.6 Å². The summed E-state index contributed by atoms with van der Waals surface area (Å²) in [5, 5.41) is 4.06. The maximum absolute atomic E-state index is 6.30. The molecule has 2 aromatic rings. The molecule has 3 heteroatoms. The number of benzene rings is 2. The molecular weight excluding hydrogens is 282 g/mol. The van der Waals surface area contributed by atoms with Gasteiger partial charge in [-0.25, -0.2) is 0 Å². The van der Waals surface area contributed by atoms with Gasteiger partial charge in [-0.1, -0.05) is 55.3 Å². The normalized spacial score (nSPS) is 10.9. The van der Waals surface area contributed by atoms with Crippen LogP contribution in [0.5, 0.6) is 11.5 Å². The molecule has 2 nitrogen and oxygen atoms in total. The van der Waals surface area contributed by atoms with Crippen molar-refractivity contribution in [3.8, 4) is 11.5 Å². The Balaban J connectivity index is 2.15. The summed E-state index contributed by atoms with van der Waals surface area (Å²) in [7, 11) is 0. The van der Waals surface area contributed by atoms with Crippen LogP contribution in [0, 0.1) is 12.8 Å². The Morgan fingerprint density at radius 1 is 1.10 bits per heavy atom. The molecule has 0 atom stereocenters. The van der Waals surface area contributed by atoms with Gasteiger partial charge in [0.25, 0.3) is 0 Å². The maximum atomic E-state index is 6.30. The number of hydrogen-bond acceptors (Lipinski definition) is 2. The molecule has 0 fully saturated rings. The second-order valence-corrected chi connectivity index (χ2v) is 6.08. The van der Waals surface area contributed by atoms with Crippen LogP contribution in [0.3, 0.4) is 0 Å². The molecule has 0 saturated carbocycles. The summed E-state index contributed by atoms with van der Waals surface area (Å²) in [6.07, 6.45) is 0. The zero-order valence-electron chi connectivity index (χ0n) is 12.8. The molecule has 0 aromatic heterocycles. The molecule has 2 aromatic carbocycles. The third-order valence-corrected chi connectivity index (χ3v) is 3.46. The Hall–Kier alpha value is -1.51. The molecule has 0 amide bonds. The fourth-order valence-corrected chi connectivity index (χ4v) is 2.26. The molecule has 0 aliphatic heterocycles. The molecule has 112 valence electrons. The lowest BCUT2D eigenvalue weighted by molar-refractivity contribution is 0.469. The molecule has 0 bridgehead atoms. The largest absolute Gasteiger partial charge is 0.455 e. The molecule has 0 aliphatic rings. The van der Waals surface area contributed by atoms with E-state index in [-0.39, 0.29) is 0 Å². The zero-order chi connectivity index (χ0) is 15.2. The second kappa shape index (κ2) is 7.48. The molecule has 0 heterocycles. The van der Waals surface area contributed by atoms with Crippen LogP contribution < -0.4 is 10.1 Å². The van der Waals surface area contributed by atoms with E-state index in [0.29, 0.717) is 10.9 Å². The van der Waals surface area contributed by atoms with Crippen LogP contribution in [-0.4, -0.2) is 6.54 Å². The summed E-state index contributed by atoms with van der Waals surface area (Å²) in [6, 6.07) is 13.8. The van der Waals surface area contributed by atoms with Crippen molar-refractivity contribution in [1.82, 2.24) is 5.32 Å². The van der Waals surface area contributed by atoms with Crippen molar-refractivity contribution in [3.05, 3.63) is 58.6 Å². The van der Waals surface area contributed by atoms with Crippen molar-refractivity contribution < 1.29 is 4.74 Å². The third-order valence-electron chi connectivity index (χ3n) is 3.16. The van der Waals surface area contributed by atoms with Crippen molar-refractivity contribution in [3.63, 3.8) is 0 Å². The van der Waals surface area contributed by atoms with Gasteiger partial charge in [0.1, 0.15) is 11.5 Å². The average Bonchev–Trinajstić information content (AvgIpc) is 2.44. The van der Waals surface area contributed by atoms with Gasteiger partial charge in [0.05, 0.1) is 5.02 Å². The quantitative estimate of drug-likeness (QED) is 0.793. The van der Waals surface area contributed by atoms with Crippen LogP contribution in [0.4, 0.5) is 0 Å². The predicted octanol–water partition coefficient (Wildman–Crippen LogP) is 5.19. The van der Waals surface area contributed by atoms with E-state index in [4.69, 9.17) is 16.3 Å². The van der Waals surface area contributed by atoms with Crippen LogP contribution in [-0.2, 0) is 6.54 Å². The second-order valence-electron chi connectivity index (χ2n) is 5.67. The number of halogens is 1. The van der Waals surface area contributed by atoms with Crippen LogP contribution >= 0.6 is 11.6 Å². The van der Waals surface area contributed by atoms with Crippen LogP contribution in [0.2, 0.25) is 5.02 Å². The first-order valence-electron chi connectivity index (χ1n) is 7.29. The molecule has 21 heavy (non-hydrogen) atoms. The van der Waals surface area contributed by atoms with E-state index in [1.807, 2.05) is 42.5 Å². The Labute approximate surface area is 132 Å². The van der Waals surface area contributed by atoms with Gasteiger partial charge in [-0.3, -0.25) is 0 Å². The Morgan fingerprint density at radius 3 is 2.48 bits per heavy atom. The van der Waals surface area contributed by atoms with Gasteiger partial charge in [-0.05, 0) is 37.6 Å². The third kappa shape index (κ3) is 4.76. The SMILES string of the molecule is Cc1ccc(Oc2c(Cl)cccc2CNCC(C)C)cc1. The summed E-state index contributed by atoms with van der Waals surface area (Å²) in [6.45, 7) is 8.15. The van der Waals surface area contributed by atoms with E-state index >= 15 is 0 Å². The van der Waals surface area contributed by atoms with Crippen molar-refractivity contribution in [2.75, 3.05) is 6.54 Å². The number of rotatable bonds is 6. The first kappa shape index (κ1) is 15.9. The van der Waals surface area contributed by atoms with Gasteiger partial charge < -0.3 is 10.1 Å². The number of nitrogens with one attached hydrogen (secondary N) is 1. The van der Waals surface area contributed by atoms with Gasteiger partial charge >= 0.3 is 0 Å². The van der Waals surface area contributed by atoms with E-state index in [1.165, 1.54) is 5.56 Å². The van der Waals surface area contributed by atoms with E-state index in [1.54, 1.807) is 0 Å². The van der Waals surface area contributed by atoms with Crippen molar-refractivity contribution in [2.45, 2.75) is 27.3 Å². The summed E-state index contributed by atoms with van der Waals surface area (Å²) in [5.74, 6) is 2.16. The number of aryl methyl sites for hydroxylation is 1. The smallest absolute Gasteiger partial charge is 0.150 e. The molecule has 0 spiro atoms. The highest BCUT2D eigenvalue weighted by Gasteiger charge is 2.09. The Morgan fingerprint density at radius 2 is 1.81 bits per heavy atom. The molecule has 0 aliphatic carbocycles. The number of ether oxygens (including phenoxy) is 1. The summed E-state index contributed by atoms with van der Waals surface area (Å²) < 4.78 is 5.98. The van der Waals surface area contributed by atoms with E-state index < -0.39 is 0 Å². The summed E-state index contributed by atoms with van der Waals surface area (Å²) in [4.78, 5) is 0. The van der Waals surface area contributed by atoms with Crippen molar-refractivity contribution in [2.24, 2.45) is 5.92 Å². The molecule has 2 rings (SSSR count). The standard InChI is InChI=1S/C18H22ClNO/c1-13(2)11-20-12-15-5-4-6-17(19)18(15)21-16-9-7-14(3)8-10-16/h4-10,13,20H,11-12H2,1-3H3. The lowest BCUT2D eigenvalue weighted by atomic mass is 10.1. The van der Waals surface area contributed by atoms with Crippen molar-refractivity contribution in [1.29, 1.82) is 0 Å². The molecule has 0 unspecified atom stereocenters. The maximum Gasteiger partial charge on any atom is 0.150 e. The zero-order valence-corrected chi connectivity index (χ0v) is 13.6. The van der Waals surface area contributed by atoms with Crippen LogP contribution in [0.15, 0.2) is 42.5 Å². The molecule has 1 N–H and O–H groups in total. The van der Waals surface area contributed by atoms with E-state index in [9.17, 15) is 0 Å². The summed E-state index contributed by atoms with van der Waals surface area (Å²) in [5.41, 5.74) is 2.28. The van der Waals surface area contributed by atoms with Gasteiger partial charge in [0.15, 0.2) is 0 Å². The topological polar surface area (TPSA) is 21.3 Å². The fourth-order valence-electron chi connectivity index (χ4n) is 2.03. The average molecular weight is 304 g/mol. The van der Waals surface area contributed by atoms with Gasteiger partial charge in [0.2, 0.25) is 0 Å². The molecule has 0 radical (unpaired) electrons. The minimum Gasteiger partial charge on any atom is -0.455 e. The highest BCUT2D eigenvalue weighted by atomic mass is 35.5. The summed E-state index contributed by atoms with van der Waals surface area (Å²) >= 11 is 6.30. The highest BCUT2D eigenvalue weighted by molar-refractivity contribution is 6.32. The minimum absolute atomic E-state index is 0.616. The first-order valence-corrected chi connectivity index (χ1v) is 7.66. The lowest BCUT2D eigenvalue weighted by Gasteiger charge is -2.14. The highest BCUT2D eigenvalue weighted by Crippen LogP contribution is 2.33. The Kier molecular flexibility index (Phi) is 5.66. The minimum atomic E-state index is 0.616. The number of hydrogen-bond donors (Lipinski definition) is 1. The molecular formula is C18H22ClNO. The van der Waals surface area contributed by atoms with Gasteiger partial charge in [0, 0.05) is 12.1 Å². The number of para-hydroxylation sites is 1. The first-order chi connectivity index (χ1) is 10.1. The van der Waals surface area contributed by atoms with Gasteiger partial charge in [-0.15, -0.1) is 0 Å².